The molecule has 0 aliphatic heterocycles. The topological polar surface area (TPSA) is 66.8 Å². The van der Waals surface area contributed by atoms with E-state index in [1.54, 1.807) is 12.1 Å². The van der Waals surface area contributed by atoms with Gasteiger partial charge >= 0.3 is 0 Å². The van der Waals surface area contributed by atoms with E-state index in [4.69, 9.17) is 16.3 Å². The number of aldehydes is 1. The zero-order valence-electron chi connectivity index (χ0n) is 9.47. The van der Waals surface area contributed by atoms with Crippen molar-refractivity contribution in [3.8, 4) is 5.75 Å². The summed E-state index contributed by atoms with van der Waals surface area (Å²) in [6.45, 7) is 2.27. The van der Waals surface area contributed by atoms with Gasteiger partial charge in [-0.1, -0.05) is 6.07 Å². The molecule has 4 nitrogen and oxygen atoms in total. The second-order valence-corrected chi connectivity index (χ2v) is 3.82. The maximum Gasteiger partial charge on any atom is 0.153 e. The van der Waals surface area contributed by atoms with E-state index < -0.39 is 12.2 Å². The molecule has 2 N–H and O–H groups in total. The minimum atomic E-state index is -1.11. The highest BCUT2D eigenvalue weighted by molar-refractivity contribution is 6.18. The molecule has 0 saturated heterocycles. The summed E-state index contributed by atoms with van der Waals surface area (Å²) in [6.07, 6.45) is -1.52. The van der Waals surface area contributed by atoms with Gasteiger partial charge < -0.3 is 14.9 Å². The first-order chi connectivity index (χ1) is 8.13. The molecule has 0 spiro atoms. The Morgan fingerprint density at radius 1 is 1.47 bits per heavy atom. The van der Waals surface area contributed by atoms with Crippen LogP contribution in [0.3, 0.4) is 0 Å². The lowest BCUT2D eigenvalue weighted by Crippen LogP contribution is -2.19. The predicted octanol–water partition coefficient (Wildman–Crippen LogP) is 1.53. The molecular formula is C12H15ClO4. The normalized spacial score (nSPS) is 14.1. The number of hydrogen-bond donors (Lipinski definition) is 2. The summed E-state index contributed by atoms with van der Waals surface area (Å²) < 4.78 is 5.25. The van der Waals surface area contributed by atoms with Gasteiger partial charge in [0.25, 0.3) is 0 Å². The number of alkyl halides is 1. The van der Waals surface area contributed by atoms with Crippen LogP contribution in [0.1, 0.15) is 28.9 Å². The summed E-state index contributed by atoms with van der Waals surface area (Å²) in [5.74, 6) is 0.379. The number of rotatable bonds is 6. The van der Waals surface area contributed by atoms with Crippen LogP contribution in [0.25, 0.3) is 0 Å². The van der Waals surface area contributed by atoms with E-state index in [0.29, 0.717) is 29.8 Å². The van der Waals surface area contributed by atoms with E-state index in [9.17, 15) is 15.0 Å². The quantitative estimate of drug-likeness (QED) is 0.600. The van der Waals surface area contributed by atoms with Gasteiger partial charge in [0.15, 0.2) is 6.29 Å². The number of benzene rings is 1. The van der Waals surface area contributed by atoms with Crippen molar-refractivity contribution < 1.29 is 19.7 Å². The van der Waals surface area contributed by atoms with Crippen LogP contribution in [-0.2, 0) is 0 Å². The molecule has 0 aromatic heterocycles. The number of carbonyl (C=O) groups excluding carboxylic acids is 1. The van der Waals surface area contributed by atoms with Gasteiger partial charge in [0, 0.05) is 0 Å². The summed E-state index contributed by atoms with van der Waals surface area (Å²) in [5.41, 5.74) is 0.772. The van der Waals surface area contributed by atoms with Crippen LogP contribution in [0.4, 0.5) is 0 Å². The summed E-state index contributed by atoms with van der Waals surface area (Å²) in [4.78, 5) is 10.9. The van der Waals surface area contributed by atoms with Crippen LogP contribution in [-0.4, -0.2) is 35.1 Å². The highest BCUT2D eigenvalue weighted by Crippen LogP contribution is 2.24. The third-order valence-corrected chi connectivity index (χ3v) is 2.64. The van der Waals surface area contributed by atoms with Gasteiger partial charge in [0.1, 0.15) is 11.9 Å². The number of halogens is 1. The predicted molar refractivity (Wildman–Crippen MR) is 64.7 cm³/mol. The van der Waals surface area contributed by atoms with Crippen molar-refractivity contribution in [3.05, 3.63) is 29.3 Å². The van der Waals surface area contributed by atoms with Crippen LogP contribution < -0.4 is 4.74 Å². The van der Waals surface area contributed by atoms with Crippen molar-refractivity contribution in [3.63, 3.8) is 0 Å². The van der Waals surface area contributed by atoms with Gasteiger partial charge in [0.05, 0.1) is 24.2 Å². The van der Waals surface area contributed by atoms with Gasteiger partial charge in [-0.05, 0) is 24.6 Å². The molecule has 17 heavy (non-hydrogen) atoms. The standard InChI is InChI=1S/C12H15ClO4/c1-2-17-11-4-3-8(5-9(11)7-14)12(16)10(15)6-13/h3-5,7,10,12,15-16H,2,6H2,1H3. The monoisotopic (exact) mass is 258 g/mol. The van der Waals surface area contributed by atoms with Crippen LogP contribution in [0, 0.1) is 0 Å². The van der Waals surface area contributed by atoms with Gasteiger partial charge in [-0.15, -0.1) is 11.6 Å². The fourth-order valence-electron chi connectivity index (χ4n) is 1.44. The first-order valence-corrected chi connectivity index (χ1v) is 5.81. The minimum Gasteiger partial charge on any atom is -0.493 e. The third kappa shape index (κ3) is 3.43. The fraction of sp³-hybridized carbons (Fsp3) is 0.417. The van der Waals surface area contributed by atoms with Gasteiger partial charge in [-0.25, -0.2) is 0 Å². The van der Waals surface area contributed by atoms with Crippen molar-refractivity contribution in [1.82, 2.24) is 0 Å². The SMILES string of the molecule is CCOc1ccc(C(O)C(O)CCl)cc1C=O. The van der Waals surface area contributed by atoms with Crippen LogP contribution in [0.15, 0.2) is 18.2 Å². The molecule has 1 aromatic carbocycles. The smallest absolute Gasteiger partial charge is 0.153 e. The first kappa shape index (κ1) is 14.0. The van der Waals surface area contributed by atoms with E-state index in [-0.39, 0.29) is 5.88 Å². The van der Waals surface area contributed by atoms with Crippen LogP contribution in [0.2, 0.25) is 0 Å². The molecule has 0 amide bonds. The van der Waals surface area contributed by atoms with Gasteiger partial charge in [0.2, 0.25) is 0 Å². The highest BCUT2D eigenvalue weighted by Gasteiger charge is 2.18. The van der Waals surface area contributed by atoms with E-state index in [1.165, 1.54) is 6.07 Å². The van der Waals surface area contributed by atoms with E-state index in [0.717, 1.165) is 0 Å². The molecule has 1 aromatic rings. The lowest BCUT2D eigenvalue weighted by Gasteiger charge is -2.17. The zero-order valence-corrected chi connectivity index (χ0v) is 10.2. The fourth-order valence-corrected chi connectivity index (χ4v) is 1.61. The second-order valence-electron chi connectivity index (χ2n) is 3.51. The third-order valence-electron chi connectivity index (χ3n) is 2.32. The summed E-state index contributed by atoms with van der Waals surface area (Å²) >= 11 is 5.45. The van der Waals surface area contributed by atoms with Crippen LogP contribution >= 0.6 is 11.6 Å². The number of aliphatic hydroxyl groups excluding tert-OH is 2. The Labute approximate surface area is 105 Å². The maximum absolute atomic E-state index is 10.9. The summed E-state index contributed by atoms with van der Waals surface area (Å²) in [6, 6.07) is 4.67. The number of hydrogen-bond acceptors (Lipinski definition) is 4. The molecule has 0 saturated carbocycles. The van der Waals surface area contributed by atoms with Crippen molar-refractivity contribution in [1.29, 1.82) is 0 Å². The Morgan fingerprint density at radius 3 is 2.71 bits per heavy atom. The van der Waals surface area contributed by atoms with E-state index in [1.807, 2.05) is 6.92 Å². The molecule has 5 heteroatoms. The lowest BCUT2D eigenvalue weighted by molar-refractivity contribution is 0.0326. The van der Waals surface area contributed by atoms with Crippen molar-refractivity contribution >= 4 is 17.9 Å². The number of carbonyl (C=O) groups is 1. The van der Waals surface area contributed by atoms with Gasteiger partial charge in [-0.2, -0.15) is 0 Å². The molecular weight excluding hydrogens is 244 g/mol. The molecule has 0 radical (unpaired) electrons. The average Bonchev–Trinajstić information content (AvgIpc) is 2.37. The number of aliphatic hydroxyl groups is 2. The highest BCUT2D eigenvalue weighted by atomic mass is 35.5. The number of ether oxygens (including phenoxy) is 1. The van der Waals surface area contributed by atoms with Crippen molar-refractivity contribution in [2.75, 3.05) is 12.5 Å². The Morgan fingerprint density at radius 2 is 2.18 bits per heavy atom. The lowest BCUT2D eigenvalue weighted by atomic mass is 10.0. The molecule has 0 bridgehead atoms. The van der Waals surface area contributed by atoms with Crippen LogP contribution in [0.5, 0.6) is 5.75 Å². The average molecular weight is 259 g/mol. The van der Waals surface area contributed by atoms with Crippen molar-refractivity contribution in [2.45, 2.75) is 19.1 Å². The minimum absolute atomic E-state index is 0.0786. The Bertz CT molecular complexity index is 381. The molecule has 2 unspecified atom stereocenters. The molecule has 0 aliphatic rings. The van der Waals surface area contributed by atoms with Gasteiger partial charge in [-0.3, -0.25) is 4.79 Å². The first-order valence-electron chi connectivity index (χ1n) is 5.28. The molecule has 1 rings (SSSR count). The Balaban J connectivity index is 3.00. The maximum atomic E-state index is 10.9. The Hall–Kier alpha value is -1.10. The molecule has 0 fully saturated rings. The molecule has 0 heterocycles. The van der Waals surface area contributed by atoms with E-state index >= 15 is 0 Å². The molecule has 0 aliphatic carbocycles. The van der Waals surface area contributed by atoms with E-state index in [2.05, 4.69) is 0 Å². The molecule has 2 atom stereocenters. The molecule has 94 valence electrons. The summed E-state index contributed by atoms with van der Waals surface area (Å²) in [5, 5.41) is 19.2. The Kier molecular flexibility index (Phi) is 5.41. The van der Waals surface area contributed by atoms with Crippen molar-refractivity contribution in [2.24, 2.45) is 0 Å². The zero-order chi connectivity index (χ0) is 12.8. The largest absolute Gasteiger partial charge is 0.493 e. The summed E-state index contributed by atoms with van der Waals surface area (Å²) in [7, 11) is 0. The second kappa shape index (κ2) is 6.59.